The lowest BCUT2D eigenvalue weighted by Crippen LogP contribution is -2.20. The number of rotatable bonds is 5. The second-order valence-electron chi connectivity index (χ2n) is 5.85. The molecule has 0 bridgehead atoms. The average Bonchev–Trinajstić information content (AvgIpc) is 2.63. The molecule has 0 radical (unpaired) electrons. The number of ether oxygens (including phenoxy) is 1. The van der Waals surface area contributed by atoms with Crippen molar-refractivity contribution < 1.29 is 9.53 Å². The molecule has 1 N–H and O–H groups in total. The Hall–Kier alpha value is -2.49. The summed E-state index contributed by atoms with van der Waals surface area (Å²) in [6, 6.07) is 20.8. The number of amides is 1. The Kier molecular flexibility index (Phi) is 5.82. The molecule has 0 spiro atoms. The molecule has 0 aliphatic carbocycles. The molecule has 1 amide bonds. The minimum atomic E-state index is -0.295. The molecule has 0 saturated heterocycles. The molecule has 3 aromatic rings. The van der Waals surface area contributed by atoms with Crippen LogP contribution in [0, 0.1) is 6.92 Å². The molecule has 0 fully saturated rings. The van der Waals surface area contributed by atoms with Crippen molar-refractivity contribution >= 4 is 34.8 Å². The summed E-state index contributed by atoms with van der Waals surface area (Å²) >= 11 is 11.9. The molecule has 0 aliphatic rings. The summed E-state index contributed by atoms with van der Waals surface area (Å²) in [5.41, 5.74) is 3.95. The topological polar surface area (TPSA) is 38.3 Å². The van der Waals surface area contributed by atoms with Gasteiger partial charge in [0.25, 0.3) is 5.91 Å². The van der Waals surface area contributed by atoms with Crippen LogP contribution in [0.25, 0.3) is 11.1 Å². The molecule has 132 valence electrons. The first-order valence-corrected chi connectivity index (χ1v) is 8.82. The fourth-order valence-electron chi connectivity index (χ4n) is 2.42. The highest BCUT2D eigenvalue weighted by molar-refractivity contribution is 6.36. The van der Waals surface area contributed by atoms with Crippen molar-refractivity contribution in [3.8, 4) is 16.9 Å². The van der Waals surface area contributed by atoms with Crippen LogP contribution < -0.4 is 10.1 Å². The van der Waals surface area contributed by atoms with Gasteiger partial charge in [-0.3, -0.25) is 4.79 Å². The molecular weight excluding hydrogens is 369 g/mol. The number of benzene rings is 3. The van der Waals surface area contributed by atoms with Crippen molar-refractivity contribution in [3.05, 3.63) is 82.3 Å². The fourth-order valence-corrected chi connectivity index (χ4v) is 2.87. The van der Waals surface area contributed by atoms with Crippen LogP contribution in [0.4, 0.5) is 5.69 Å². The van der Waals surface area contributed by atoms with Crippen molar-refractivity contribution in [1.29, 1.82) is 0 Å². The highest BCUT2D eigenvalue weighted by atomic mass is 35.5. The van der Waals surface area contributed by atoms with Crippen molar-refractivity contribution in [2.24, 2.45) is 0 Å². The van der Waals surface area contributed by atoms with E-state index in [1.807, 2.05) is 24.3 Å². The second-order valence-corrected chi connectivity index (χ2v) is 6.70. The predicted molar refractivity (Wildman–Crippen MR) is 107 cm³/mol. The zero-order chi connectivity index (χ0) is 18.5. The van der Waals surface area contributed by atoms with Gasteiger partial charge in [0.2, 0.25) is 0 Å². The lowest BCUT2D eigenvalue weighted by atomic mass is 10.0. The second kappa shape index (κ2) is 8.26. The Morgan fingerprint density at radius 2 is 1.54 bits per heavy atom. The van der Waals surface area contributed by atoms with Gasteiger partial charge in [-0.05, 0) is 48.4 Å². The molecule has 0 atom stereocenters. The summed E-state index contributed by atoms with van der Waals surface area (Å²) < 4.78 is 5.53. The van der Waals surface area contributed by atoms with Crippen molar-refractivity contribution in [1.82, 2.24) is 0 Å². The summed E-state index contributed by atoms with van der Waals surface area (Å²) in [6.07, 6.45) is 0. The molecule has 3 rings (SSSR count). The third-order valence-electron chi connectivity index (χ3n) is 3.81. The van der Waals surface area contributed by atoms with Crippen molar-refractivity contribution in [2.75, 3.05) is 11.9 Å². The largest absolute Gasteiger partial charge is 0.484 e. The van der Waals surface area contributed by atoms with Gasteiger partial charge in [0.1, 0.15) is 5.75 Å². The van der Waals surface area contributed by atoms with Crippen LogP contribution in [0.15, 0.2) is 66.7 Å². The van der Waals surface area contributed by atoms with E-state index in [0.29, 0.717) is 21.5 Å². The number of aryl methyl sites for hydroxylation is 1. The number of halogens is 2. The first-order valence-electron chi connectivity index (χ1n) is 8.06. The van der Waals surface area contributed by atoms with Gasteiger partial charge in [-0.2, -0.15) is 0 Å². The van der Waals surface area contributed by atoms with Crippen LogP contribution in [0.2, 0.25) is 10.0 Å². The number of hydrogen-bond acceptors (Lipinski definition) is 2. The van der Waals surface area contributed by atoms with Crippen LogP contribution in [0.3, 0.4) is 0 Å². The van der Waals surface area contributed by atoms with Gasteiger partial charge in [0.05, 0.1) is 10.7 Å². The summed E-state index contributed by atoms with van der Waals surface area (Å²) in [7, 11) is 0. The standard InChI is InChI=1S/C21H17Cl2NO2/c1-14-2-4-15(5-3-14)16-6-9-18(10-7-16)26-13-21(25)24-20-11-8-17(22)12-19(20)23/h2-12H,13H2,1H3,(H,24,25). The third-order valence-corrected chi connectivity index (χ3v) is 4.36. The highest BCUT2D eigenvalue weighted by Gasteiger charge is 2.07. The zero-order valence-corrected chi connectivity index (χ0v) is 15.6. The highest BCUT2D eigenvalue weighted by Crippen LogP contribution is 2.25. The third kappa shape index (κ3) is 4.78. The Labute approximate surface area is 162 Å². The summed E-state index contributed by atoms with van der Waals surface area (Å²) in [5.74, 6) is 0.329. The lowest BCUT2D eigenvalue weighted by molar-refractivity contribution is -0.118. The van der Waals surface area contributed by atoms with E-state index in [-0.39, 0.29) is 12.5 Å². The maximum atomic E-state index is 12.0. The Morgan fingerprint density at radius 3 is 2.15 bits per heavy atom. The van der Waals surface area contributed by atoms with Crippen LogP contribution in [0.1, 0.15) is 5.56 Å². The number of anilines is 1. The van der Waals surface area contributed by atoms with Crippen LogP contribution in [-0.4, -0.2) is 12.5 Å². The molecule has 5 heteroatoms. The summed E-state index contributed by atoms with van der Waals surface area (Å²) in [4.78, 5) is 12.0. The molecule has 0 saturated carbocycles. The van der Waals surface area contributed by atoms with E-state index in [0.717, 1.165) is 11.1 Å². The Bertz CT molecular complexity index is 906. The number of carbonyl (C=O) groups excluding carboxylic acids is 1. The van der Waals surface area contributed by atoms with E-state index in [4.69, 9.17) is 27.9 Å². The number of hydrogen-bond donors (Lipinski definition) is 1. The Morgan fingerprint density at radius 1 is 0.923 bits per heavy atom. The molecule has 26 heavy (non-hydrogen) atoms. The fraction of sp³-hybridized carbons (Fsp3) is 0.0952. The minimum absolute atomic E-state index is 0.108. The van der Waals surface area contributed by atoms with Gasteiger partial charge in [-0.25, -0.2) is 0 Å². The quantitative estimate of drug-likeness (QED) is 0.585. The first-order chi connectivity index (χ1) is 12.5. The van der Waals surface area contributed by atoms with E-state index in [1.165, 1.54) is 5.56 Å². The average molecular weight is 386 g/mol. The molecule has 3 nitrogen and oxygen atoms in total. The normalized spacial score (nSPS) is 10.4. The van der Waals surface area contributed by atoms with Crippen LogP contribution in [-0.2, 0) is 4.79 Å². The van der Waals surface area contributed by atoms with Gasteiger partial charge in [-0.15, -0.1) is 0 Å². The monoisotopic (exact) mass is 385 g/mol. The van der Waals surface area contributed by atoms with E-state index in [2.05, 4.69) is 36.5 Å². The van der Waals surface area contributed by atoms with E-state index < -0.39 is 0 Å². The summed E-state index contributed by atoms with van der Waals surface area (Å²) in [5, 5.41) is 3.59. The molecular formula is C21H17Cl2NO2. The predicted octanol–water partition coefficient (Wildman–Crippen LogP) is 5.99. The van der Waals surface area contributed by atoms with Gasteiger partial charge in [-0.1, -0.05) is 65.2 Å². The van der Waals surface area contributed by atoms with Gasteiger partial charge in [0.15, 0.2) is 6.61 Å². The van der Waals surface area contributed by atoms with E-state index in [9.17, 15) is 4.79 Å². The van der Waals surface area contributed by atoms with Crippen LogP contribution >= 0.6 is 23.2 Å². The SMILES string of the molecule is Cc1ccc(-c2ccc(OCC(=O)Nc3ccc(Cl)cc3Cl)cc2)cc1. The van der Waals surface area contributed by atoms with Gasteiger partial charge >= 0.3 is 0 Å². The molecule has 0 unspecified atom stereocenters. The zero-order valence-electron chi connectivity index (χ0n) is 14.1. The van der Waals surface area contributed by atoms with Crippen molar-refractivity contribution in [3.63, 3.8) is 0 Å². The van der Waals surface area contributed by atoms with Gasteiger partial charge < -0.3 is 10.1 Å². The number of carbonyl (C=O) groups is 1. The Balaban J connectivity index is 1.57. The molecule has 0 aromatic heterocycles. The number of nitrogens with one attached hydrogen (secondary N) is 1. The van der Waals surface area contributed by atoms with Crippen molar-refractivity contribution in [2.45, 2.75) is 6.92 Å². The molecule has 0 heterocycles. The maximum absolute atomic E-state index is 12.0. The first kappa shape index (κ1) is 18.3. The molecule has 3 aromatic carbocycles. The summed E-state index contributed by atoms with van der Waals surface area (Å²) in [6.45, 7) is 1.95. The maximum Gasteiger partial charge on any atom is 0.262 e. The van der Waals surface area contributed by atoms with E-state index >= 15 is 0 Å². The van der Waals surface area contributed by atoms with Crippen LogP contribution in [0.5, 0.6) is 5.75 Å². The van der Waals surface area contributed by atoms with Gasteiger partial charge in [0, 0.05) is 5.02 Å². The smallest absolute Gasteiger partial charge is 0.262 e. The lowest BCUT2D eigenvalue weighted by Gasteiger charge is -2.10. The minimum Gasteiger partial charge on any atom is -0.484 e. The molecule has 0 aliphatic heterocycles. The van der Waals surface area contributed by atoms with E-state index in [1.54, 1.807) is 18.2 Å².